The Kier molecular flexibility index (Phi) is 38.6. The first-order valence-electron chi connectivity index (χ1n) is 14.3. The average molecular weight is 442 g/mol. The van der Waals surface area contributed by atoms with Crippen LogP contribution in [0.5, 0.6) is 0 Å². The van der Waals surface area contributed by atoms with Crippen molar-refractivity contribution in [2.45, 2.75) is 170 Å². The summed E-state index contributed by atoms with van der Waals surface area (Å²) in [6.45, 7) is 16.4. The van der Waals surface area contributed by atoms with E-state index in [1.165, 1.54) is 103 Å². The highest BCUT2D eigenvalue weighted by atomic mass is 16.1. The summed E-state index contributed by atoms with van der Waals surface area (Å²) < 4.78 is 0. The van der Waals surface area contributed by atoms with Gasteiger partial charge in [-0.15, -0.1) is 0 Å². The molecular formula is C29H63NO. The zero-order chi connectivity index (χ0) is 24.0. The lowest BCUT2D eigenvalue weighted by molar-refractivity contribution is -0.121. The molecule has 0 saturated carbocycles. The summed E-state index contributed by atoms with van der Waals surface area (Å²) in [6, 6.07) is 0. The van der Waals surface area contributed by atoms with E-state index in [4.69, 9.17) is 0 Å². The highest BCUT2D eigenvalue weighted by Gasteiger charge is 2.01. The number of amides is 1. The summed E-state index contributed by atoms with van der Waals surface area (Å²) in [5.74, 6) is 0.989. The third-order valence-corrected chi connectivity index (χ3v) is 5.49. The molecule has 190 valence electrons. The summed E-state index contributed by atoms with van der Waals surface area (Å²) in [5.41, 5.74) is 0. The van der Waals surface area contributed by atoms with Gasteiger partial charge in [0.05, 0.1) is 0 Å². The molecule has 2 nitrogen and oxygen atoms in total. The lowest BCUT2D eigenvalue weighted by atomic mass is 10.1. The normalized spacial score (nSPS) is 10.2. The average Bonchev–Trinajstić information content (AvgIpc) is 2.76. The zero-order valence-electron chi connectivity index (χ0n) is 23.1. The van der Waals surface area contributed by atoms with Crippen molar-refractivity contribution in [1.29, 1.82) is 0 Å². The Morgan fingerprint density at radius 1 is 0.548 bits per heavy atom. The van der Waals surface area contributed by atoms with E-state index in [0.29, 0.717) is 0 Å². The van der Waals surface area contributed by atoms with Crippen molar-refractivity contribution in [1.82, 2.24) is 5.32 Å². The zero-order valence-corrected chi connectivity index (χ0v) is 23.1. The van der Waals surface area contributed by atoms with Crippen LogP contribution in [0.15, 0.2) is 0 Å². The molecule has 31 heavy (non-hydrogen) atoms. The third-order valence-electron chi connectivity index (χ3n) is 5.49. The largest absolute Gasteiger partial charge is 0.356 e. The van der Waals surface area contributed by atoms with E-state index in [0.717, 1.165) is 31.7 Å². The van der Waals surface area contributed by atoms with Crippen LogP contribution in [0.1, 0.15) is 170 Å². The molecule has 2 heteroatoms. The molecule has 0 saturated heterocycles. The standard InChI is InChI=1S/C20H41NO.C5H12.C4H10/c1-4-5-6-7-8-9-10-11-12-13-14-17-20(22)21-18-15-16-19(2)3;1-3-5-4-2;1-3-4-2/h19H,4-18H2,1-3H3,(H,21,22);3-5H2,1-2H3;3-4H2,1-2H3. The number of carbonyl (C=O) groups is 1. The van der Waals surface area contributed by atoms with Crippen LogP contribution in [0.4, 0.5) is 0 Å². The first-order valence-corrected chi connectivity index (χ1v) is 14.3. The molecule has 0 heterocycles. The molecule has 1 N–H and O–H groups in total. The maximum atomic E-state index is 11.6. The van der Waals surface area contributed by atoms with Crippen LogP contribution in [0.2, 0.25) is 0 Å². The lowest BCUT2D eigenvalue weighted by Crippen LogP contribution is -2.24. The molecule has 0 fully saturated rings. The van der Waals surface area contributed by atoms with Crippen LogP contribution >= 0.6 is 0 Å². The van der Waals surface area contributed by atoms with Gasteiger partial charge in [-0.2, -0.15) is 0 Å². The molecule has 0 aromatic rings. The van der Waals surface area contributed by atoms with Crippen molar-refractivity contribution in [3.63, 3.8) is 0 Å². The Labute approximate surface area is 199 Å². The van der Waals surface area contributed by atoms with Crippen LogP contribution in [-0.4, -0.2) is 12.5 Å². The van der Waals surface area contributed by atoms with E-state index < -0.39 is 0 Å². The first-order chi connectivity index (χ1) is 15.0. The fourth-order valence-corrected chi connectivity index (χ4v) is 3.13. The van der Waals surface area contributed by atoms with Gasteiger partial charge in [-0.3, -0.25) is 4.79 Å². The number of hydrogen-bond donors (Lipinski definition) is 1. The molecular weight excluding hydrogens is 378 g/mol. The van der Waals surface area contributed by atoms with Crippen LogP contribution in [0.25, 0.3) is 0 Å². The van der Waals surface area contributed by atoms with Gasteiger partial charge in [0, 0.05) is 13.0 Å². The van der Waals surface area contributed by atoms with Crippen molar-refractivity contribution in [2.75, 3.05) is 6.54 Å². The van der Waals surface area contributed by atoms with Gasteiger partial charge >= 0.3 is 0 Å². The SMILES string of the molecule is CCCC.CCCCC.CCCCCCCCCCCCCC(=O)NCCCC(C)C. The second kappa shape index (κ2) is 34.1. The molecule has 0 aromatic carbocycles. The monoisotopic (exact) mass is 441 g/mol. The van der Waals surface area contributed by atoms with Gasteiger partial charge < -0.3 is 5.32 Å². The Bertz CT molecular complexity index is 297. The van der Waals surface area contributed by atoms with Gasteiger partial charge in [0.2, 0.25) is 5.91 Å². The maximum absolute atomic E-state index is 11.6. The molecule has 0 spiro atoms. The Balaban J connectivity index is -0.000000728. The molecule has 0 aliphatic heterocycles. The minimum absolute atomic E-state index is 0.250. The van der Waals surface area contributed by atoms with Crippen molar-refractivity contribution < 1.29 is 4.79 Å². The van der Waals surface area contributed by atoms with Gasteiger partial charge in [0.1, 0.15) is 0 Å². The van der Waals surface area contributed by atoms with Crippen LogP contribution in [-0.2, 0) is 4.79 Å². The van der Waals surface area contributed by atoms with Crippen LogP contribution < -0.4 is 5.32 Å². The molecule has 0 bridgehead atoms. The van der Waals surface area contributed by atoms with Gasteiger partial charge in [-0.1, -0.05) is 145 Å². The quantitative estimate of drug-likeness (QED) is 0.198. The van der Waals surface area contributed by atoms with Crippen molar-refractivity contribution in [2.24, 2.45) is 5.92 Å². The number of nitrogens with one attached hydrogen (secondary N) is 1. The van der Waals surface area contributed by atoms with Crippen LogP contribution in [0.3, 0.4) is 0 Å². The van der Waals surface area contributed by atoms with E-state index >= 15 is 0 Å². The predicted octanol–water partition coefficient (Wildman–Crippen LogP) is 10.2. The molecule has 0 radical (unpaired) electrons. The Morgan fingerprint density at radius 3 is 1.32 bits per heavy atom. The van der Waals surface area contributed by atoms with Gasteiger partial charge in [0.25, 0.3) is 0 Å². The smallest absolute Gasteiger partial charge is 0.219 e. The highest BCUT2D eigenvalue weighted by Crippen LogP contribution is 2.11. The minimum atomic E-state index is 0.250. The predicted molar refractivity (Wildman–Crippen MR) is 144 cm³/mol. The molecule has 1 amide bonds. The van der Waals surface area contributed by atoms with E-state index in [1.807, 2.05) is 0 Å². The van der Waals surface area contributed by atoms with Gasteiger partial charge in [-0.25, -0.2) is 0 Å². The van der Waals surface area contributed by atoms with Crippen molar-refractivity contribution >= 4 is 5.91 Å². The summed E-state index contributed by atoms with van der Waals surface area (Å²) in [4.78, 5) is 11.6. The summed E-state index contributed by atoms with van der Waals surface area (Å²) in [5, 5.41) is 3.03. The second-order valence-electron chi connectivity index (χ2n) is 9.53. The summed E-state index contributed by atoms with van der Waals surface area (Å²) >= 11 is 0. The molecule has 0 unspecified atom stereocenters. The molecule has 0 aliphatic carbocycles. The Hall–Kier alpha value is -0.530. The lowest BCUT2D eigenvalue weighted by Gasteiger charge is -2.07. The second-order valence-corrected chi connectivity index (χ2v) is 9.53. The molecule has 0 rings (SSSR count). The molecule has 0 aromatic heterocycles. The third kappa shape index (κ3) is 44.0. The molecule has 0 aliphatic rings. The highest BCUT2D eigenvalue weighted by molar-refractivity contribution is 5.75. The topological polar surface area (TPSA) is 29.1 Å². The number of hydrogen-bond acceptors (Lipinski definition) is 1. The minimum Gasteiger partial charge on any atom is -0.356 e. The van der Waals surface area contributed by atoms with E-state index in [1.54, 1.807) is 0 Å². The fourth-order valence-electron chi connectivity index (χ4n) is 3.13. The van der Waals surface area contributed by atoms with Gasteiger partial charge in [0.15, 0.2) is 0 Å². The van der Waals surface area contributed by atoms with Crippen molar-refractivity contribution in [3.8, 4) is 0 Å². The van der Waals surface area contributed by atoms with E-state index in [2.05, 4.69) is 53.8 Å². The van der Waals surface area contributed by atoms with E-state index in [9.17, 15) is 4.79 Å². The number of unbranched alkanes of at least 4 members (excludes halogenated alkanes) is 13. The fraction of sp³-hybridized carbons (Fsp3) is 0.966. The number of rotatable bonds is 19. The summed E-state index contributed by atoms with van der Waals surface area (Å²) in [6.07, 6.45) is 24.5. The molecule has 0 atom stereocenters. The van der Waals surface area contributed by atoms with Crippen molar-refractivity contribution in [3.05, 3.63) is 0 Å². The number of carbonyl (C=O) groups excluding carboxylic acids is 1. The first kappa shape index (κ1) is 35.1. The van der Waals surface area contributed by atoms with E-state index in [-0.39, 0.29) is 5.91 Å². The summed E-state index contributed by atoms with van der Waals surface area (Å²) in [7, 11) is 0. The maximum Gasteiger partial charge on any atom is 0.219 e. The van der Waals surface area contributed by atoms with Gasteiger partial charge in [-0.05, 0) is 25.2 Å². The Morgan fingerprint density at radius 2 is 0.968 bits per heavy atom. The van der Waals surface area contributed by atoms with Crippen LogP contribution in [0, 0.1) is 5.92 Å².